The Morgan fingerprint density at radius 1 is 1.44 bits per heavy atom. The number of ether oxygens (including phenoxy) is 1. The Balaban J connectivity index is 0. The van der Waals surface area contributed by atoms with Crippen molar-refractivity contribution in [3.63, 3.8) is 0 Å². The first-order valence-electron chi connectivity index (χ1n) is 4.29. The standard InChI is InChI=1S/C9H12O2.HNO3.H4Si/c1-2-9(10)11-8-6-4-3-5-7-8;2-1(3)4;/h3-7,9-10H,2H2,1H3;(H,2,3,4);1H4. The van der Waals surface area contributed by atoms with Crippen LogP contribution in [0, 0.1) is 10.1 Å². The highest BCUT2D eigenvalue weighted by atomic mass is 28.1. The van der Waals surface area contributed by atoms with Crippen LogP contribution in [-0.4, -0.2) is 32.7 Å². The normalized spacial score (nSPS) is 10.1. The molecule has 0 aromatic heterocycles. The Hall–Kier alpha value is -1.60. The van der Waals surface area contributed by atoms with Crippen molar-refractivity contribution in [1.82, 2.24) is 0 Å². The predicted octanol–water partition coefficient (Wildman–Crippen LogP) is -0.00550. The molecule has 6 nitrogen and oxygen atoms in total. The number of benzene rings is 1. The monoisotopic (exact) mass is 247 g/mol. The maximum absolute atomic E-state index is 9.09. The molecule has 2 N–H and O–H groups in total. The average molecular weight is 247 g/mol. The van der Waals surface area contributed by atoms with Gasteiger partial charge in [-0.1, -0.05) is 25.1 Å². The number of aliphatic hydroxyl groups is 1. The number of para-hydroxylation sites is 1. The summed E-state index contributed by atoms with van der Waals surface area (Å²) in [6.07, 6.45) is -0.0769. The van der Waals surface area contributed by atoms with Gasteiger partial charge in [0.05, 0.1) is 0 Å². The summed E-state index contributed by atoms with van der Waals surface area (Å²) in [4.78, 5) is 8.36. The summed E-state index contributed by atoms with van der Waals surface area (Å²) in [5.41, 5.74) is 0. The van der Waals surface area contributed by atoms with E-state index in [1.807, 2.05) is 37.3 Å². The molecule has 1 unspecified atom stereocenters. The highest BCUT2D eigenvalue weighted by Gasteiger charge is 1.99. The van der Waals surface area contributed by atoms with Gasteiger partial charge in [0.2, 0.25) is 0 Å². The van der Waals surface area contributed by atoms with Crippen molar-refractivity contribution >= 4 is 11.0 Å². The average Bonchev–Trinajstić information content (AvgIpc) is 2.18. The number of hydrogen-bond donors (Lipinski definition) is 2. The molecule has 1 atom stereocenters. The molecule has 1 aromatic rings. The van der Waals surface area contributed by atoms with E-state index < -0.39 is 11.4 Å². The van der Waals surface area contributed by atoms with Crippen LogP contribution in [0.1, 0.15) is 13.3 Å². The lowest BCUT2D eigenvalue weighted by Gasteiger charge is -2.10. The van der Waals surface area contributed by atoms with E-state index in [0.717, 1.165) is 0 Å². The Labute approximate surface area is 97.6 Å². The number of nitrogens with zero attached hydrogens (tertiary/aromatic N) is 1. The molecule has 16 heavy (non-hydrogen) atoms. The van der Waals surface area contributed by atoms with Crippen LogP contribution in [0.15, 0.2) is 30.3 Å². The van der Waals surface area contributed by atoms with E-state index in [1.165, 1.54) is 0 Å². The number of aliphatic hydroxyl groups excluding tert-OH is 1. The van der Waals surface area contributed by atoms with Gasteiger partial charge in [-0.25, -0.2) is 0 Å². The van der Waals surface area contributed by atoms with Crippen LogP contribution in [0.5, 0.6) is 5.75 Å². The van der Waals surface area contributed by atoms with E-state index in [9.17, 15) is 0 Å². The second-order valence-electron chi connectivity index (χ2n) is 2.53. The maximum atomic E-state index is 9.09. The molecule has 0 saturated heterocycles. The molecular formula is C9H17NO5Si. The fraction of sp³-hybridized carbons (Fsp3) is 0.333. The Kier molecular flexibility index (Phi) is 10.4. The van der Waals surface area contributed by atoms with Crippen LogP contribution in [0.25, 0.3) is 0 Å². The minimum Gasteiger partial charge on any atom is -0.465 e. The zero-order valence-corrected chi connectivity index (χ0v) is 8.24. The molecule has 0 aliphatic heterocycles. The van der Waals surface area contributed by atoms with Gasteiger partial charge >= 0.3 is 0 Å². The summed E-state index contributed by atoms with van der Waals surface area (Å²) in [6.45, 7) is 1.87. The molecule has 92 valence electrons. The fourth-order valence-electron chi connectivity index (χ4n) is 0.739. The van der Waals surface area contributed by atoms with Crippen molar-refractivity contribution < 1.29 is 20.1 Å². The first-order chi connectivity index (χ1) is 7.06. The molecule has 1 rings (SSSR count). The van der Waals surface area contributed by atoms with E-state index in [-0.39, 0.29) is 11.0 Å². The van der Waals surface area contributed by atoms with E-state index in [1.54, 1.807) is 0 Å². The Bertz CT molecular complexity index is 278. The highest BCUT2D eigenvalue weighted by Crippen LogP contribution is 2.10. The molecular weight excluding hydrogens is 230 g/mol. The second-order valence-corrected chi connectivity index (χ2v) is 2.53. The molecule has 0 saturated carbocycles. The summed E-state index contributed by atoms with van der Waals surface area (Å²) < 4.78 is 5.12. The number of hydrogen-bond acceptors (Lipinski definition) is 4. The third-order valence-corrected chi connectivity index (χ3v) is 1.36. The minimum absolute atomic E-state index is 0. The van der Waals surface area contributed by atoms with Gasteiger partial charge in [-0.15, -0.1) is 10.1 Å². The zero-order valence-electron chi connectivity index (χ0n) is 8.24. The first kappa shape index (κ1) is 16.8. The Morgan fingerprint density at radius 3 is 2.25 bits per heavy atom. The van der Waals surface area contributed by atoms with Gasteiger partial charge in [-0.2, -0.15) is 0 Å². The van der Waals surface area contributed by atoms with Crippen molar-refractivity contribution in [3.8, 4) is 5.75 Å². The maximum Gasteiger partial charge on any atom is 0.291 e. The fourth-order valence-corrected chi connectivity index (χ4v) is 0.739. The van der Waals surface area contributed by atoms with Gasteiger partial charge in [-0.05, 0) is 23.1 Å². The number of rotatable bonds is 3. The Morgan fingerprint density at radius 2 is 1.88 bits per heavy atom. The molecule has 0 aliphatic carbocycles. The molecule has 0 aliphatic rings. The molecule has 0 heterocycles. The summed E-state index contributed by atoms with van der Waals surface area (Å²) in [5, 5.41) is 22.7. The van der Waals surface area contributed by atoms with Crippen LogP contribution in [0.4, 0.5) is 0 Å². The van der Waals surface area contributed by atoms with Crippen LogP contribution in [-0.2, 0) is 0 Å². The van der Waals surface area contributed by atoms with Crippen LogP contribution < -0.4 is 4.74 Å². The SMILES string of the molecule is CCC(O)Oc1ccccc1.O=[N+]([O-])O.[SiH4]. The molecule has 7 heteroatoms. The van der Waals surface area contributed by atoms with Gasteiger partial charge in [0.25, 0.3) is 5.09 Å². The van der Waals surface area contributed by atoms with Crippen molar-refractivity contribution in [2.75, 3.05) is 0 Å². The van der Waals surface area contributed by atoms with Crippen LogP contribution in [0.2, 0.25) is 0 Å². The van der Waals surface area contributed by atoms with Gasteiger partial charge in [0, 0.05) is 6.42 Å². The van der Waals surface area contributed by atoms with E-state index >= 15 is 0 Å². The molecule has 1 aromatic carbocycles. The van der Waals surface area contributed by atoms with Crippen molar-refractivity contribution in [1.29, 1.82) is 0 Å². The summed E-state index contributed by atoms with van der Waals surface area (Å²) >= 11 is 0. The lowest BCUT2D eigenvalue weighted by atomic mass is 10.3. The van der Waals surface area contributed by atoms with Gasteiger partial charge in [0.15, 0.2) is 6.29 Å². The van der Waals surface area contributed by atoms with Crippen molar-refractivity contribution in [3.05, 3.63) is 40.4 Å². The summed E-state index contributed by atoms with van der Waals surface area (Å²) in [7, 11) is 0. The second kappa shape index (κ2) is 9.93. The minimum atomic E-state index is -1.50. The molecule has 0 amide bonds. The lowest BCUT2D eigenvalue weighted by Crippen LogP contribution is -2.13. The van der Waals surface area contributed by atoms with E-state index in [4.69, 9.17) is 25.2 Å². The molecule has 0 fully saturated rings. The van der Waals surface area contributed by atoms with Crippen LogP contribution >= 0.6 is 0 Å². The van der Waals surface area contributed by atoms with Gasteiger partial charge in [-0.3, -0.25) is 0 Å². The van der Waals surface area contributed by atoms with Crippen molar-refractivity contribution in [2.45, 2.75) is 19.6 Å². The lowest BCUT2D eigenvalue weighted by molar-refractivity contribution is -0.742. The van der Waals surface area contributed by atoms with E-state index in [0.29, 0.717) is 12.2 Å². The van der Waals surface area contributed by atoms with Gasteiger partial charge < -0.3 is 15.1 Å². The largest absolute Gasteiger partial charge is 0.465 e. The molecule has 0 spiro atoms. The highest BCUT2D eigenvalue weighted by molar-refractivity contribution is 5.75. The third-order valence-electron chi connectivity index (χ3n) is 1.36. The summed E-state index contributed by atoms with van der Waals surface area (Å²) in [6, 6.07) is 9.29. The third kappa shape index (κ3) is 10.5. The van der Waals surface area contributed by atoms with E-state index in [2.05, 4.69) is 0 Å². The molecule has 0 radical (unpaired) electrons. The smallest absolute Gasteiger partial charge is 0.291 e. The van der Waals surface area contributed by atoms with Crippen molar-refractivity contribution in [2.24, 2.45) is 0 Å². The predicted molar refractivity (Wildman–Crippen MR) is 63.5 cm³/mol. The molecule has 0 bridgehead atoms. The zero-order chi connectivity index (χ0) is 11.7. The van der Waals surface area contributed by atoms with Crippen LogP contribution in [0.3, 0.4) is 0 Å². The first-order valence-corrected chi connectivity index (χ1v) is 4.29. The topological polar surface area (TPSA) is 92.8 Å². The van der Waals surface area contributed by atoms with Gasteiger partial charge in [0.1, 0.15) is 5.75 Å². The quantitative estimate of drug-likeness (QED) is 0.339. The summed E-state index contributed by atoms with van der Waals surface area (Å²) in [5.74, 6) is 0.710.